The van der Waals surface area contributed by atoms with E-state index in [4.69, 9.17) is 16.3 Å². The van der Waals surface area contributed by atoms with Gasteiger partial charge in [0.05, 0.1) is 13.2 Å². The van der Waals surface area contributed by atoms with E-state index in [0.717, 1.165) is 23.6 Å². The van der Waals surface area contributed by atoms with Crippen molar-refractivity contribution in [2.45, 2.75) is 18.9 Å². The van der Waals surface area contributed by atoms with Crippen molar-refractivity contribution < 1.29 is 9.84 Å². The lowest BCUT2D eigenvalue weighted by Crippen LogP contribution is -2.48. The largest absolute Gasteiger partial charge is 0.394 e. The lowest BCUT2D eigenvalue weighted by molar-refractivity contribution is 0.147. The van der Waals surface area contributed by atoms with Crippen LogP contribution >= 0.6 is 11.6 Å². The summed E-state index contributed by atoms with van der Waals surface area (Å²) >= 11 is 5.84. The van der Waals surface area contributed by atoms with Crippen molar-refractivity contribution in [3.05, 3.63) is 34.9 Å². The second-order valence-corrected chi connectivity index (χ2v) is 4.88. The molecule has 0 fully saturated rings. The number of aliphatic hydroxyl groups is 1. The number of rotatable bonds is 7. The van der Waals surface area contributed by atoms with E-state index >= 15 is 0 Å². The van der Waals surface area contributed by atoms with Crippen molar-refractivity contribution in [1.29, 1.82) is 0 Å². The summed E-state index contributed by atoms with van der Waals surface area (Å²) < 4.78 is 4.99. The second kappa shape index (κ2) is 6.97. The van der Waals surface area contributed by atoms with Crippen LogP contribution in [0.3, 0.4) is 0 Å². The highest BCUT2D eigenvalue weighted by Gasteiger charge is 2.22. The van der Waals surface area contributed by atoms with Gasteiger partial charge in [-0.3, -0.25) is 0 Å². The quantitative estimate of drug-likeness (QED) is 0.733. The third-order valence-corrected chi connectivity index (χ3v) is 2.97. The highest BCUT2D eigenvalue weighted by atomic mass is 35.5. The summed E-state index contributed by atoms with van der Waals surface area (Å²) in [4.78, 5) is 0. The number of halogens is 1. The average Bonchev–Trinajstić information content (AvgIpc) is 2.33. The van der Waals surface area contributed by atoms with Gasteiger partial charge in [0, 0.05) is 24.2 Å². The molecule has 0 aliphatic carbocycles. The highest BCUT2D eigenvalue weighted by molar-refractivity contribution is 6.30. The number of hydrogen-bond acceptors (Lipinski definition) is 3. The molecule has 0 aliphatic rings. The molecule has 96 valence electrons. The van der Waals surface area contributed by atoms with Crippen LogP contribution in [0, 0.1) is 0 Å². The molecule has 0 saturated carbocycles. The van der Waals surface area contributed by atoms with Crippen LogP contribution < -0.4 is 5.32 Å². The molecule has 0 heterocycles. The first-order valence-electron chi connectivity index (χ1n) is 5.69. The summed E-state index contributed by atoms with van der Waals surface area (Å²) in [6, 6.07) is 7.69. The molecule has 4 heteroatoms. The first-order valence-corrected chi connectivity index (χ1v) is 6.07. The van der Waals surface area contributed by atoms with Crippen LogP contribution in [0.4, 0.5) is 0 Å². The Kier molecular flexibility index (Phi) is 5.92. The van der Waals surface area contributed by atoms with Gasteiger partial charge in [0.25, 0.3) is 0 Å². The number of ether oxygens (including phenoxy) is 1. The van der Waals surface area contributed by atoms with Gasteiger partial charge in [-0.15, -0.1) is 0 Å². The van der Waals surface area contributed by atoms with Crippen molar-refractivity contribution in [1.82, 2.24) is 5.32 Å². The molecule has 0 amide bonds. The summed E-state index contributed by atoms with van der Waals surface area (Å²) in [7, 11) is 1.66. The van der Waals surface area contributed by atoms with Gasteiger partial charge in [-0.05, 0) is 31.0 Å². The maximum Gasteiger partial charge on any atom is 0.0613 e. The predicted molar refractivity (Wildman–Crippen MR) is 70.5 cm³/mol. The standard InChI is InChI=1S/C13H20ClNO2/c1-13(10-16,15-7-8-17-2)9-11-3-5-12(14)6-4-11/h3-6,15-16H,7-10H2,1-2H3. The van der Waals surface area contributed by atoms with Crippen LogP contribution in [-0.4, -0.2) is 37.5 Å². The predicted octanol–water partition coefficient (Wildman–Crippen LogP) is 1.87. The Morgan fingerprint density at radius 2 is 2.00 bits per heavy atom. The molecule has 0 spiro atoms. The summed E-state index contributed by atoms with van der Waals surface area (Å²) in [5.41, 5.74) is 0.822. The number of hydrogen-bond donors (Lipinski definition) is 2. The van der Waals surface area contributed by atoms with Crippen molar-refractivity contribution >= 4 is 11.6 Å². The monoisotopic (exact) mass is 257 g/mol. The number of methoxy groups -OCH3 is 1. The maximum absolute atomic E-state index is 9.47. The highest BCUT2D eigenvalue weighted by Crippen LogP contribution is 2.15. The fourth-order valence-electron chi connectivity index (χ4n) is 1.68. The van der Waals surface area contributed by atoms with Gasteiger partial charge in [0.15, 0.2) is 0 Å². The van der Waals surface area contributed by atoms with Crippen LogP contribution in [0.5, 0.6) is 0 Å². The van der Waals surface area contributed by atoms with Gasteiger partial charge < -0.3 is 15.2 Å². The zero-order chi connectivity index (χ0) is 12.7. The molecule has 1 unspecified atom stereocenters. The molecule has 0 saturated heterocycles. The van der Waals surface area contributed by atoms with Crippen LogP contribution in [0.25, 0.3) is 0 Å². The molecule has 0 bridgehead atoms. The number of aliphatic hydroxyl groups excluding tert-OH is 1. The van der Waals surface area contributed by atoms with E-state index in [1.54, 1.807) is 7.11 Å². The molecule has 1 atom stereocenters. The van der Waals surface area contributed by atoms with Crippen molar-refractivity contribution in [3.8, 4) is 0 Å². The maximum atomic E-state index is 9.47. The lowest BCUT2D eigenvalue weighted by atomic mass is 9.93. The summed E-state index contributed by atoms with van der Waals surface area (Å²) in [5.74, 6) is 0. The van der Waals surface area contributed by atoms with Gasteiger partial charge >= 0.3 is 0 Å². The molecule has 3 nitrogen and oxygen atoms in total. The minimum Gasteiger partial charge on any atom is -0.394 e. The Bertz CT molecular complexity index is 329. The van der Waals surface area contributed by atoms with E-state index in [9.17, 15) is 5.11 Å². The zero-order valence-electron chi connectivity index (χ0n) is 10.4. The van der Waals surface area contributed by atoms with Gasteiger partial charge in [-0.25, -0.2) is 0 Å². The van der Waals surface area contributed by atoms with E-state index in [1.165, 1.54) is 0 Å². The molecule has 0 aliphatic heterocycles. The molecule has 1 aromatic carbocycles. The normalized spacial score (nSPS) is 14.6. The fraction of sp³-hybridized carbons (Fsp3) is 0.538. The van der Waals surface area contributed by atoms with E-state index in [-0.39, 0.29) is 12.1 Å². The van der Waals surface area contributed by atoms with E-state index < -0.39 is 0 Å². The van der Waals surface area contributed by atoms with Gasteiger partial charge in [0.2, 0.25) is 0 Å². The van der Waals surface area contributed by atoms with Gasteiger partial charge in [0.1, 0.15) is 0 Å². The molecule has 0 radical (unpaired) electrons. The third kappa shape index (κ3) is 5.04. The Balaban J connectivity index is 2.58. The summed E-state index contributed by atoms with van der Waals surface area (Å²) in [5, 5.41) is 13.5. The molecule has 17 heavy (non-hydrogen) atoms. The van der Waals surface area contributed by atoms with Crippen molar-refractivity contribution in [2.75, 3.05) is 26.9 Å². The Hall–Kier alpha value is -0.610. The summed E-state index contributed by atoms with van der Waals surface area (Å²) in [6.07, 6.45) is 0.754. The average molecular weight is 258 g/mol. The number of benzene rings is 1. The zero-order valence-corrected chi connectivity index (χ0v) is 11.1. The fourth-order valence-corrected chi connectivity index (χ4v) is 1.81. The van der Waals surface area contributed by atoms with Crippen molar-refractivity contribution in [3.63, 3.8) is 0 Å². The lowest BCUT2D eigenvalue weighted by Gasteiger charge is -2.29. The molecule has 2 N–H and O–H groups in total. The van der Waals surface area contributed by atoms with E-state index in [1.807, 2.05) is 31.2 Å². The van der Waals surface area contributed by atoms with Crippen LogP contribution in [0.2, 0.25) is 5.02 Å². The van der Waals surface area contributed by atoms with E-state index in [0.29, 0.717) is 6.61 Å². The molecular formula is C13H20ClNO2. The van der Waals surface area contributed by atoms with E-state index in [2.05, 4.69) is 5.32 Å². The van der Waals surface area contributed by atoms with Crippen LogP contribution in [0.15, 0.2) is 24.3 Å². The SMILES string of the molecule is COCCNC(C)(CO)Cc1ccc(Cl)cc1. The molecule has 1 aromatic rings. The first kappa shape index (κ1) is 14.5. The number of nitrogens with one attached hydrogen (secondary N) is 1. The molecule has 1 rings (SSSR count). The minimum absolute atomic E-state index is 0.0827. The van der Waals surface area contributed by atoms with Crippen molar-refractivity contribution in [2.24, 2.45) is 0 Å². The van der Waals surface area contributed by atoms with Crippen LogP contribution in [-0.2, 0) is 11.2 Å². The summed E-state index contributed by atoms with van der Waals surface area (Å²) in [6.45, 7) is 3.44. The van der Waals surface area contributed by atoms with Crippen LogP contribution in [0.1, 0.15) is 12.5 Å². The van der Waals surface area contributed by atoms with Gasteiger partial charge in [-0.2, -0.15) is 0 Å². The second-order valence-electron chi connectivity index (χ2n) is 4.44. The Morgan fingerprint density at radius 1 is 1.35 bits per heavy atom. The molecular weight excluding hydrogens is 238 g/mol. The van der Waals surface area contributed by atoms with Gasteiger partial charge in [-0.1, -0.05) is 23.7 Å². The minimum atomic E-state index is -0.327. The first-order chi connectivity index (χ1) is 8.09. The topological polar surface area (TPSA) is 41.5 Å². The molecule has 0 aromatic heterocycles. The Labute approximate surface area is 108 Å². The third-order valence-electron chi connectivity index (χ3n) is 2.71. The smallest absolute Gasteiger partial charge is 0.0613 e. The Morgan fingerprint density at radius 3 is 2.53 bits per heavy atom.